The van der Waals surface area contributed by atoms with Crippen molar-refractivity contribution in [3.05, 3.63) is 23.9 Å². The molecule has 0 unspecified atom stereocenters. The minimum atomic E-state index is -0.918. The van der Waals surface area contributed by atoms with Crippen LogP contribution < -0.4 is 5.32 Å². The van der Waals surface area contributed by atoms with Crippen molar-refractivity contribution in [2.45, 2.75) is 18.9 Å². The first-order chi connectivity index (χ1) is 8.15. The minimum Gasteiger partial charge on any atom is -0.478 e. The molecule has 0 saturated carbocycles. The van der Waals surface area contributed by atoms with E-state index in [1.165, 1.54) is 12.3 Å². The Hall–Kier alpha value is -1.62. The summed E-state index contributed by atoms with van der Waals surface area (Å²) in [5, 5.41) is 12.2. The number of hydrogen-bond acceptors (Lipinski definition) is 4. The quantitative estimate of drug-likeness (QED) is 0.826. The summed E-state index contributed by atoms with van der Waals surface area (Å²) in [5.74, 6) is -0.265. The second-order valence-electron chi connectivity index (χ2n) is 4.46. The van der Waals surface area contributed by atoms with Crippen LogP contribution in [-0.2, 0) is 0 Å². The van der Waals surface area contributed by atoms with Gasteiger partial charge >= 0.3 is 5.97 Å². The molecule has 0 spiro atoms. The van der Waals surface area contributed by atoms with Crippen molar-refractivity contribution in [2.75, 3.05) is 25.5 Å². The summed E-state index contributed by atoms with van der Waals surface area (Å²) in [6.07, 6.45) is 3.66. The summed E-state index contributed by atoms with van der Waals surface area (Å²) < 4.78 is 0. The van der Waals surface area contributed by atoms with Crippen LogP contribution in [0.2, 0.25) is 0 Å². The Balaban J connectivity index is 1.98. The number of hydrogen-bond donors (Lipinski definition) is 2. The SMILES string of the molecule is CN1CCC(Nc2cc(C(=O)O)ccn2)CC1. The van der Waals surface area contributed by atoms with Gasteiger partial charge < -0.3 is 15.3 Å². The summed E-state index contributed by atoms with van der Waals surface area (Å²) in [6.45, 7) is 2.13. The van der Waals surface area contributed by atoms with Crippen molar-refractivity contribution in [1.29, 1.82) is 0 Å². The van der Waals surface area contributed by atoms with E-state index in [0.717, 1.165) is 25.9 Å². The lowest BCUT2D eigenvalue weighted by molar-refractivity contribution is 0.0697. The zero-order valence-corrected chi connectivity index (χ0v) is 9.89. The van der Waals surface area contributed by atoms with Gasteiger partial charge in [0.05, 0.1) is 5.56 Å². The zero-order chi connectivity index (χ0) is 12.3. The van der Waals surface area contributed by atoms with Gasteiger partial charge in [-0.3, -0.25) is 0 Å². The second kappa shape index (κ2) is 5.14. The van der Waals surface area contributed by atoms with E-state index < -0.39 is 5.97 Å². The van der Waals surface area contributed by atoms with E-state index >= 15 is 0 Å². The van der Waals surface area contributed by atoms with Gasteiger partial charge in [-0.2, -0.15) is 0 Å². The number of anilines is 1. The van der Waals surface area contributed by atoms with E-state index in [1.54, 1.807) is 6.07 Å². The summed E-state index contributed by atoms with van der Waals surface area (Å²) in [5.41, 5.74) is 0.274. The fraction of sp³-hybridized carbons (Fsp3) is 0.500. The number of carbonyl (C=O) groups is 1. The first-order valence-electron chi connectivity index (χ1n) is 5.79. The van der Waals surface area contributed by atoms with Gasteiger partial charge in [0.25, 0.3) is 0 Å². The van der Waals surface area contributed by atoms with Gasteiger partial charge in [0.2, 0.25) is 0 Å². The Kier molecular flexibility index (Phi) is 3.58. The third kappa shape index (κ3) is 3.17. The van der Waals surface area contributed by atoms with Crippen molar-refractivity contribution >= 4 is 11.8 Å². The van der Waals surface area contributed by atoms with Gasteiger partial charge in [0.1, 0.15) is 5.82 Å². The van der Waals surface area contributed by atoms with Crippen LogP contribution >= 0.6 is 0 Å². The van der Waals surface area contributed by atoms with Crippen LogP contribution in [0.15, 0.2) is 18.3 Å². The van der Waals surface area contributed by atoms with Crippen LogP contribution in [0.4, 0.5) is 5.82 Å². The number of nitrogens with one attached hydrogen (secondary N) is 1. The molecule has 1 aromatic heterocycles. The predicted molar refractivity (Wildman–Crippen MR) is 65.3 cm³/mol. The van der Waals surface area contributed by atoms with Crippen LogP contribution in [0.1, 0.15) is 23.2 Å². The smallest absolute Gasteiger partial charge is 0.335 e. The number of rotatable bonds is 3. The summed E-state index contributed by atoms with van der Waals surface area (Å²) >= 11 is 0. The monoisotopic (exact) mass is 235 g/mol. The van der Waals surface area contributed by atoms with Gasteiger partial charge in [0.15, 0.2) is 0 Å². The molecule has 0 aromatic carbocycles. The van der Waals surface area contributed by atoms with Gasteiger partial charge in [-0.1, -0.05) is 0 Å². The molecule has 0 bridgehead atoms. The van der Waals surface area contributed by atoms with Crippen LogP contribution in [0.25, 0.3) is 0 Å². The Morgan fingerprint density at radius 1 is 1.53 bits per heavy atom. The lowest BCUT2D eigenvalue weighted by Gasteiger charge is -2.29. The largest absolute Gasteiger partial charge is 0.478 e. The molecule has 1 aliphatic rings. The van der Waals surface area contributed by atoms with Crippen LogP contribution in [0, 0.1) is 0 Å². The summed E-state index contributed by atoms with van der Waals surface area (Å²) in [4.78, 5) is 17.3. The topological polar surface area (TPSA) is 65.5 Å². The molecule has 0 radical (unpaired) electrons. The molecule has 2 N–H and O–H groups in total. The number of aromatic nitrogens is 1. The lowest BCUT2D eigenvalue weighted by atomic mass is 10.1. The first kappa shape index (κ1) is 11.9. The Morgan fingerprint density at radius 3 is 2.88 bits per heavy atom. The highest BCUT2D eigenvalue weighted by atomic mass is 16.4. The zero-order valence-electron chi connectivity index (χ0n) is 9.89. The van der Waals surface area contributed by atoms with Crippen molar-refractivity contribution in [3.63, 3.8) is 0 Å². The van der Waals surface area contributed by atoms with Crippen LogP contribution in [0.5, 0.6) is 0 Å². The summed E-state index contributed by atoms with van der Waals surface area (Å²) in [6, 6.07) is 3.48. The Morgan fingerprint density at radius 2 is 2.24 bits per heavy atom. The fourth-order valence-electron chi connectivity index (χ4n) is 2.00. The molecule has 1 fully saturated rings. The minimum absolute atomic E-state index is 0.274. The Bertz CT molecular complexity index is 400. The highest BCUT2D eigenvalue weighted by Gasteiger charge is 2.16. The standard InChI is InChI=1S/C12H17N3O2/c1-15-6-3-10(4-7-15)14-11-8-9(12(16)17)2-5-13-11/h2,5,8,10H,3-4,6-7H2,1H3,(H,13,14)(H,16,17). The van der Waals surface area contributed by atoms with E-state index in [9.17, 15) is 4.79 Å². The molecule has 5 heteroatoms. The molecule has 0 aliphatic carbocycles. The van der Waals surface area contributed by atoms with E-state index in [4.69, 9.17) is 5.11 Å². The molecule has 92 valence electrons. The molecule has 1 aliphatic heterocycles. The number of pyridine rings is 1. The highest BCUT2D eigenvalue weighted by Crippen LogP contribution is 2.15. The molecular weight excluding hydrogens is 218 g/mol. The average molecular weight is 235 g/mol. The Labute approximate surface area is 100 Å². The molecule has 2 heterocycles. The molecule has 1 saturated heterocycles. The second-order valence-corrected chi connectivity index (χ2v) is 4.46. The van der Waals surface area contributed by atoms with Crippen molar-refractivity contribution in [1.82, 2.24) is 9.88 Å². The van der Waals surface area contributed by atoms with Crippen molar-refractivity contribution in [2.24, 2.45) is 0 Å². The number of carboxylic acid groups (broad SMARTS) is 1. The fourth-order valence-corrected chi connectivity index (χ4v) is 2.00. The number of nitrogens with zero attached hydrogens (tertiary/aromatic N) is 2. The first-order valence-corrected chi connectivity index (χ1v) is 5.79. The van der Waals surface area contributed by atoms with Gasteiger partial charge in [-0.05, 0) is 45.1 Å². The van der Waals surface area contributed by atoms with E-state index in [-0.39, 0.29) is 5.56 Å². The molecule has 0 amide bonds. The van der Waals surface area contributed by atoms with Crippen LogP contribution in [0.3, 0.4) is 0 Å². The van der Waals surface area contributed by atoms with Crippen LogP contribution in [-0.4, -0.2) is 47.1 Å². The van der Waals surface area contributed by atoms with E-state index in [1.807, 2.05) is 0 Å². The number of carboxylic acids is 1. The molecule has 2 rings (SSSR count). The third-order valence-corrected chi connectivity index (χ3v) is 3.08. The maximum absolute atomic E-state index is 10.8. The normalized spacial score (nSPS) is 17.9. The van der Waals surface area contributed by atoms with Crippen molar-refractivity contribution in [3.8, 4) is 0 Å². The molecule has 0 atom stereocenters. The summed E-state index contributed by atoms with van der Waals surface area (Å²) in [7, 11) is 2.11. The molecule has 5 nitrogen and oxygen atoms in total. The van der Waals surface area contributed by atoms with Gasteiger partial charge in [-0.15, -0.1) is 0 Å². The molecule has 17 heavy (non-hydrogen) atoms. The molecule has 1 aromatic rings. The molecular formula is C12H17N3O2. The van der Waals surface area contributed by atoms with Gasteiger partial charge in [-0.25, -0.2) is 9.78 Å². The number of likely N-dealkylation sites (tertiary alicyclic amines) is 1. The number of aromatic carboxylic acids is 1. The highest BCUT2D eigenvalue weighted by molar-refractivity contribution is 5.88. The third-order valence-electron chi connectivity index (χ3n) is 3.08. The van der Waals surface area contributed by atoms with E-state index in [2.05, 4.69) is 22.2 Å². The van der Waals surface area contributed by atoms with E-state index in [0.29, 0.717) is 11.9 Å². The maximum atomic E-state index is 10.8. The average Bonchev–Trinajstić information content (AvgIpc) is 2.32. The maximum Gasteiger partial charge on any atom is 0.335 e. The number of piperidine rings is 1. The van der Waals surface area contributed by atoms with Gasteiger partial charge in [0, 0.05) is 12.2 Å². The van der Waals surface area contributed by atoms with Crippen molar-refractivity contribution < 1.29 is 9.90 Å². The predicted octanol–water partition coefficient (Wildman–Crippen LogP) is 1.29. The lowest BCUT2D eigenvalue weighted by Crippen LogP contribution is -2.36.